The molecule has 0 aliphatic heterocycles. The molecule has 0 N–H and O–H groups in total. The van der Waals surface area contributed by atoms with Crippen molar-refractivity contribution in [3.8, 4) is 50.2 Å². The fourth-order valence-corrected chi connectivity index (χ4v) is 11.2. The highest BCUT2D eigenvalue weighted by molar-refractivity contribution is 6.22. The molecule has 0 amide bonds. The molecule has 0 atom stereocenters. The topological polar surface area (TPSA) is 8.17 Å². The molecular formula is C65H46N2. The lowest BCUT2D eigenvalue weighted by atomic mass is 9.81. The molecule has 12 aromatic rings. The van der Waals surface area contributed by atoms with Crippen LogP contribution in [0.2, 0.25) is 0 Å². The molecule has 13 rings (SSSR count). The Bertz CT molecular complexity index is 3810. The summed E-state index contributed by atoms with van der Waals surface area (Å²) in [7, 11) is 0. The average Bonchev–Trinajstić information content (AvgIpc) is 3.84. The van der Waals surface area contributed by atoms with Gasteiger partial charge in [-0.2, -0.15) is 0 Å². The number of hydrogen-bond acceptors (Lipinski definition) is 1. The first-order valence-electron chi connectivity index (χ1n) is 23.3. The maximum atomic E-state index is 2.46. The molecule has 0 radical (unpaired) electrons. The lowest BCUT2D eigenvalue weighted by molar-refractivity contribution is 0.660. The molecule has 0 saturated carbocycles. The van der Waals surface area contributed by atoms with Crippen molar-refractivity contribution >= 4 is 60.4 Å². The second-order valence-corrected chi connectivity index (χ2v) is 18.5. The van der Waals surface area contributed by atoms with Crippen LogP contribution in [0, 0.1) is 0 Å². The van der Waals surface area contributed by atoms with Crippen LogP contribution in [0.5, 0.6) is 0 Å². The Kier molecular flexibility index (Phi) is 8.91. The van der Waals surface area contributed by atoms with Crippen molar-refractivity contribution in [3.63, 3.8) is 0 Å². The molecular weight excluding hydrogens is 809 g/mol. The first-order valence-corrected chi connectivity index (χ1v) is 23.3. The van der Waals surface area contributed by atoms with Crippen molar-refractivity contribution < 1.29 is 0 Å². The van der Waals surface area contributed by atoms with Gasteiger partial charge >= 0.3 is 0 Å². The van der Waals surface area contributed by atoms with E-state index in [-0.39, 0.29) is 5.41 Å². The fraction of sp³-hybridized carbons (Fsp3) is 0.0462. The van der Waals surface area contributed by atoms with E-state index in [1.54, 1.807) is 0 Å². The SMILES string of the molecule is CC1(C)c2cc(-c3ccc4c(-c5ccccc5)c5ccccc5c(-c5ccccc5)c4c3)ccc2-c2ccc(N(c3ccccc3)c3ccc(-n4c5ccccc5c5ccccc54)cc3)cc21. The van der Waals surface area contributed by atoms with E-state index in [1.807, 2.05) is 0 Å². The number of fused-ring (bicyclic) bond motifs is 8. The minimum Gasteiger partial charge on any atom is -0.310 e. The van der Waals surface area contributed by atoms with Crippen LogP contribution in [0.4, 0.5) is 17.1 Å². The van der Waals surface area contributed by atoms with Gasteiger partial charge < -0.3 is 9.47 Å². The quantitative estimate of drug-likeness (QED) is 0.145. The lowest BCUT2D eigenvalue weighted by Crippen LogP contribution is -2.16. The second-order valence-electron chi connectivity index (χ2n) is 18.5. The van der Waals surface area contributed by atoms with E-state index in [1.165, 1.54) is 99.0 Å². The maximum Gasteiger partial charge on any atom is 0.0541 e. The molecule has 0 spiro atoms. The number of nitrogens with zero attached hydrogens (tertiary/aromatic N) is 2. The third-order valence-electron chi connectivity index (χ3n) is 14.4. The van der Waals surface area contributed by atoms with Crippen molar-refractivity contribution in [3.05, 3.63) is 254 Å². The van der Waals surface area contributed by atoms with Gasteiger partial charge in [0, 0.05) is 38.9 Å². The van der Waals surface area contributed by atoms with Crippen LogP contribution in [0.3, 0.4) is 0 Å². The number of anilines is 3. The van der Waals surface area contributed by atoms with E-state index in [9.17, 15) is 0 Å². The van der Waals surface area contributed by atoms with E-state index < -0.39 is 0 Å². The van der Waals surface area contributed by atoms with E-state index in [0.717, 1.165) is 22.7 Å². The summed E-state index contributed by atoms with van der Waals surface area (Å²) >= 11 is 0. The average molecular weight is 855 g/mol. The van der Waals surface area contributed by atoms with Gasteiger partial charge in [0.05, 0.1) is 11.0 Å². The summed E-state index contributed by atoms with van der Waals surface area (Å²) in [5.41, 5.74) is 19.5. The Morgan fingerprint density at radius 2 is 0.746 bits per heavy atom. The molecule has 1 heterocycles. The smallest absolute Gasteiger partial charge is 0.0541 e. The van der Waals surface area contributed by atoms with Crippen LogP contribution in [0.15, 0.2) is 243 Å². The number of hydrogen-bond donors (Lipinski definition) is 0. The summed E-state index contributed by atoms with van der Waals surface area (Å²) in [5, 5.41) is 7.59. The Labute approximate surface area is 391 Å². The van der Waals surface area contributed by atoms with Crippen molar-refractivity contribution in [2.75, 3.05) is 4.90 Å². The molecule has 2 nitrogen and oxygen atoms in total. The molecule has 1 aliphatic carbocycles. The molecule has 2 heteroatoms. The van der Waals surface area contributed by atoms with E-state index in [4.69, 9.17) is 0 Å². The van der Waals surface area contributed by atoms with Gasteiger partial charge in [-0.15, -0.1) is 0 Å². The fourth-order valence-electron chi connectivity index (χ4n) is 11.2. The summed E-state index contributed by atoms with van der Waals surface area (Å²) in [4.78, 5) is 2.40. The van der Waals surface area contributed by atoms with Crippen molar-refractivity contribution in [1.29, 1.82) is 0 Å². The van der Waals surface area contributed by atoms with E-state index >= 15 is 0 Å². The van der Waals surface area contributed by atoms with Gasteiger partial charge in [0.2, 0.25) is 0 Å². The molecule has 316 valence electrons. The van der Waals surface area contributed by atoms with Crippen molar-refractivity contribution in [2.45, 2.75) is 19.3 Å². The van der Waals surface area contributed by atoms with Gasteiger partial charge in [-0.3, -0.25) is 0 Å². The van der Waals surface area contributed by atoms with E-state index in [2.05, 4.69) is 266 Å². The van der Waals surface area contributed by atoms with Gasteiger partial charge in [0.25, 0.3) is 0 Å². The lowest BCUT2D eigenvalue weighted by Gasteiger charge is -2.28. The highest BCUT2D eigenvalue weighted by atomic mass is 15.1. The minimum atomic E-state index is -0.234. The number of rotatable bonds is 7. The molecule has 1 aliphatic rings. The molecule has 0 bridgehead atoms. The Balaban J connectivity index is 0.909. The van der Waals surface area contributed by atoms with Gasteiger partial charge in [0.1, 0.15) is 0 Å². The molecule has 0 unspecified atom stereocenters. The van der Waals surface area contributed by atoms with Gasteiger partial charge in [-0.05, 0) is 150 Å². The first kappa shape index (κ1) is 39.0. The summed E-state index contributed by atoms with van der Waals surface area (Å²) in [5.74, 6) is 0. The highest BCUT2D eigenvalue weighted by Gasteiger charge is 2.36. The second kappa shape index (κ2) is 15.3. The normalized spacial score (nSPS) is 12.7. The highest BCUT2D eigenvalue weighted by Crippen LogP contribution is 2.52. The maximum absolute atomic E-state index is 2.46. The molecule has 0 saturated heterocycles. The zero-order chi connectivity index (χ0) is 44.6. The summed E-state index contributed by atoms with van der Waals surface area (Å²) in [6, 6.07) is 89.3. The molecule has 11 aromatic carbocycles. The van der Waals surface area contributed by atoms with E-state index in [0.29, 0.717) is 0 Å². The molecule has 1 aromatic heterocycles. The van der Waals surface area contributed by atoms with Crippen molar-refractivity contribution in [1.82, 2.24) is 4.57 Å². The van der Waals surface area contributed by atoms with Gasteiger partial charge in [0.15, 0.2) is 0 Å². The zero-order valence-corrected chi connectivity index (χ0v) is 37.5. The van der Waals surface area contributed by atoms with Crippen LogP contribution in [-0.2, 0) is 5.41 Å². The standard InChI is InChI=1S/C65H46N2/c1-65(2)59-41-46(45-31-38-57-58(40-45)64(44-20-8-4-9-21-44)56-27-13-12-26-55(56)63(57)43-18-6-3-7-19-43)30-37-51(59)52-39-36-50(42-60(52)65)66(47-22-10-5-11-23-47)48-32-34-49(35-33-48)67-61-28-16-14-24-53(61)54-25-15-17-29-62(54)67/h3-42H,1-2H3. The molecule has 67 heavy (non-hydrogen) atoms. The predicted molar refractivity (Wildman–Crippen MR) is 284 cm³/mol. The third kappa shape index (κ3) is 6.18. The van der Waals surface area contributed by atoms with Crippen LogP contribution in [0.25, 0.3) is 93.5 Å². The van der Waals surface area contributed by atoms with Crippen LogP contribution in [0.1, 0.15) is 25.0 Å². The number of para-hydroxylation sites is 3. The van der Waals surface area contributed by atoms with Crippen LogP contribution < -0.4 is 4.90 Å². The van der Waals surface area contributed by atoms with Crippen molar-refractivity contribution in [2.24, 2.45) is 0 Å². The predicted octanol–water partition coefficient (Wildman–Crippen LogP) is 17.9. The summed E-state index contributed by atoms with van der Waals surface area (Å²) in [6.45, 7) is 4.79. The van der Waals surface area contributed by atoms with Crippen LogP contribution >= 0.6 is 0 Å². The van der Waals surface area contributed by atoms with Gasteiger partial charge in [-0.1, -0.05) is 184 Å². The molecule has 0 fully saturated rings. The Morgan fingerprint density at radius 3 is 1.36 bits per heavy atom. The Hall–Kier alpha value is -8.46. The van der Waals surface area contributed by atoms with Crippen LogP contribution in [-0.4, -0.2) is 4.57 Å². The Morgan fingerprint density at radius 1 is 0.313 bits per heavy atom. The number of aromatic nitrogens is 1. The first-order chi connectivity index (χ1) is 33.0. The monoisotopic (exact) mass is 854 g/mol. The summed E-state index contributed by atoms with van der Waals surface area (Å²) < 4.78 is 2.38. The minimum absolute atomic E-state index is 0.234. The summed E-state index contributed by atoms with van der Waals surface area (Å²) in [6.07, 6.45) is 0. The zero-order valence-electron chi connectivity index (χ0n) is 37.5. The van der Waals surface area contributed by atoms with Gasteiger partial charge in [-0.25, -0.2) is 0 Å². The number of benzene rings is 11. The third-order valence-corrected chi connectivity index (χ3v) is 14.4. The largest absolute Gasteiger partial charge is 0.310 e.